The van der Waals surface area contributed by atoms with Crippen LogP contribution in [0.4, 0.5) is 5.82 Å². The maximum Gasteiger partial charge on any atom is 0.139 e. The van der Waals surface area contributed by atoms with E-state index in [4.69, 9.17) is 5.73 Å². The Morgan fingerprint density at radius 3 is 3.09 bits per heavy atom. The molecule has 2 rings (SSSR count). The van der Waals surface area contributed by atoms with E-state index in [0.29, 0.717) is 5.82 Å². The Morgan fingerprint density at radius 2 is 2.27 bits per heavy atom. The number of aryl methyl sites for hydroxylation is 1. The van der Waals surface area contributed by atoms with Crippen molar-refractivity contribution in [3.63, 3.8) is 0 Å². The van der Waals surface area contributed by atoms with Crippen LogP contribution in [0.15, 0.2) is 18.3 Å². The summed E-state index contributed by atoms with van der Waals surface area (Å²) in [6.07, 6.45) is 1.93. The molecule has 2 aromatic rings. The van der Waals surface area contributed by atoms with Crippen molar-refractivity contribution < 1.29 is 0 Å². The lowest BCUT2D eigenvalue weighted by atomic mass is 10.2. The minimum Gasteiger partial charge on any atom is -0.384 e. The summed E-state index contributed by atoms with van der Waals surface area (Å²) in [5.41, 5.74) is 7.57. The Labute approximate surface area is 64.2 Å². The van der Waals surface area contributed by atoms with Gasteiger partial charge in [0.25, 0.3) is 0 Å². The highest BCUT2D eigenvalue weighted by atomic mass is 14.9. The van der Waals surface area contributed by atoms with Crippen LogP contribution in [-0.2, 0) is 0 Å². The number of hydrogen-bond acceptors (Lipinski definition) is 2. The maximum atomic E-state index is 5.50. The number of hydrogen-bond donors (Lipinski definition) is 2. The molecule has 3 nitrogen and oxygen atoms in total. The van der Waals surface area contributed by atoms with Gasteiger partial charge in [0.15, 0.2) is 0 Å². The summed E-state index contributed by atoms with van der Waals surface area (Å²) in [6.45, 7) is 2.04. The third-order valence-corrected chi connectivity index (χ3v) is 1.77. The van der Waals surface area contributed by atoms with Crippen LogP contribution >= 0.6 is 0 Å². The van der Waals surface area contributed by atoms with Gasteiger partial charge in [-0.25, -0.2) is 4.98 Å². The summed E-state index contributed by atoms with van der Waals surface area (Å²) in [5.74, 6) is 0.555. The van der Waals surface area contributed by atoms with Gasteiger partial charge in [0.2, 0.25) is 0 Å². The SMILES string of the molecule is Cc1c[nH]c2nc(N)ccc12. The molecule has 0 unspecified atom stereocenters. The highest BCUT2D eigenvalue weighted by molar-refractivity contribution is 5.80. The van der Waals surface area contributed by atoms with Gasteiger partial charge in [-0.05, 0) is 24.6 Å². The van der Waals surface area contributed by atoms with Gasteiger partial charge in [-0.2, -0.15) is 0 Å². The molecular formula is C8H9N3. The van der Waals surface area contributed by atoms with Crippen molar-refractivity contribution in [2.45, 2.75) is 6.92 Å². The molecule has 3 heteroatoms. The van der Waals surface area contributed by atoms with Gasteiger partial charge in [-0.15, -0.1) is 0 Å². The highest BCUT2D eigenvalue weighted by Gasteiger charge is 1.98. The standard InChI is InChI=1S/C8H9N3/c1-5-4-10-8-6(5)2-3-7(9)11-8/h2-4H,1H3,(H3,9,10,11). The predicted molar refractivity (Wildman–Crippen MR) is 45.2 cm³/mol. The van der Waals surface area contributed by atoms with Gasteiger partial charge in [0.1, 0.15) is 11.5 Å². The fourth-order valence-corrected chi connectivity index (χ4v) is 1.16. The largest absolute Gasteiger partial charge is 0.384 e. The Hall–Kier alpha value is -1.51. The smallest absolute Gasteiger partial charge is 0.139 e. The molecule has 0 spiro atoms. The minimum atomic E-state index is 0.555. The molecule has 0 saturated heterocycles. The number of aromatic nitrogens is 2. The van der Waals surface area contributed by atoms with Gasteiger partial charge < -0.3 is 10.7 Å². The molecule has 2 aromatic heterocycles. The molecule has 0 fully saturated rings. The van der Waals surface area contributed by atoms with Crippen LogP contribution in [0.3, 0.4) is 0 Å². The number of nitrogens with zero attached hydrogens (tertiary/aromatic N) is 1. The van der Waals surface area contributed by atoms with Gasteiger partial charge >= 0.3 is 0 Å². The van der Waals surface area contributed by atoms with Crippen molar-refractivity contribution in [2.24, 2.45) is 0 Å². The molecule has 0 amide bonds. The van der Waals surface area contributed by atoms with Gasteiger partial charge in [-0.3, -0.25) is 0 Å². The van der Waals surface area contributed by atoms with Gasteiger partial charge in [0.05, 0.1) is 0 Å². The summed E-state index contributed by atoms with van der Waals surface area (Å²) in [5, 5.41) is 1.14. The van der Waals surface area contributed by atoms with E-state index < -0.39 is 0 Å². The van der Waals surface area contributed by atoms with Crippen LogP contribution < -0.4 is 5.73 Å². The second kappa shape index (κ2) is 1.99. The molecule has 0 bridgehead atoms. The first-order valence-electron chi connectivity index (χ1n) is 3.47. The zero-order valence-corrected chi connectivity index (χ0v) is 6.26. The van der Waals surface area contributed by atoms with E-state index in [1.54, 1.807) is 0 Å². The first kappa shape index (κ1) is 6.22. The Balaban J connectivity index is 2.86. The molecule has 11 heavy (non-hydrogen) atoms. The number of nitrogens with two attached hydrogens (primary N) is 1. The van der Waals surface area contributed by atoms with E-state index in [1.165, 1.54) is 5.56 Å². The van der Waals surface area contributed by atoms with E-state index >= 15 is 0 Å². The highest BCUT2D eigenvalue weighted by Crippen LogP contribution is 2.15. The summed E-state index contributed by atoms with van der Waals surface area (Å²) < 4.78 is 0. The van der Waals surface area contributed by atoms with Crippen LogP contribution in [-0.4, -0.2) is 9.97 Å². The molecule has 0 aliphatic rings. The average molecular weight is 147 g/mol. The molecule has 0 aromatic carbocycles. The quantitative estimate of drug-likeness (QED) is 0.592. The van der Waals surface area contributed by atoms with E-state index in [-0.39, 0.29) is 0 Å². The summed E-state index contributed by atoms with van der Waals surface area (Å²) >= 11 is 0. The van der Waals surface area contributed by atoms with Crippen molar-refractivity contribution in [3.05, 3.63) is 23.9 Å². The molecule has 2 heterocycles. The molecular weight excluding hydrogens is 138 g/mol. The van der Waals surface area contributed by atoms with Crippen LogP contribution in [0.25, 0.3) is 11.0 Å². The lowest BCUT2D eigenvalue weighted by Crippen LogP contribution is -1.88. The first-order chi connectivity index (χ1) is 5.27. The van der Waals surface area contributed by atoms with E-state index in [0.717, 1.165) is 11.0 Å². The number of anilines is 1. The van der Waals surface area contributed by atoms with Crippen molar-refractivity contribution in [2.75, 3.05) is 5.73 Å². The number of aromatic amines is 1. The van der Waals surface area contributed by atoms with Crippen molar-refractivity contribution in [1.82, 2.24) is 9.97 Å². The average Bonchev–Trinajstić information content (AvgIpc) is 2.32. The monoisotopic (exact) mass is 147 g/mol. The summed E-state index contributed by atoms with van der Waals surface area (Å²) in [6, 6.07) is 3.78. The van der Waals surface area contributed by atoms with Crippen LogP contribution in [0.1, 0.15) is 5.56 Å². The molecule has 0 aliphatic heterocycles. The van der Waals surface area contributed by atoms with Crippen LogP contribution in [0, 0.1) is 6.92 Å². The van der Waals surface area contributed by atoms with Crippen LogP contribution in [0.5, 0.6) is 0 Å². The Bertz CT molecular complexity index is 389. The molecule has 0 radical (unpaired) electrons. The normalized spacial score (nSPS) is 10.6. The van der Waals surface area contributed by atoms with Gasteiger partial charge in [-0.1, -0.05) is 0 Å². The second-order valence-electron chi connectivity index (χ2n) is 2.60. The topological polar surface area (TPSA) is 54.7 Å². The summed E-state index contributed by atoms with van der Waals surface area (Å²) in [4.78, 5) is 7.16. The number of fused-ring (bicyclic) bond motifs is 1. The van der Waals surface area contributed by atoms with Crippen molar-refractivity contribution >= 4 is 16.9 Å². The number of nitrogens with one attached hydrogen (secondary N) is 1. The number of nitrogen functional groups attached to an aromatic ring is 1. The fraction of sp³-hybridized carbons (Fsp3) is 0.125. The zero-order valence-electron chi connectivity index (χ0n) is 6.26. The van der Waals surface area contributed by atoms with Crippen molar-refractivity contribution in [3.8, 4) is 0 Å². The molecule has 0 atom stereocenters. The summed E-state index contributed by atoms with van der Waals surface area (Å²) in [7, 11) is 0. The second-order valence-corrected chi connectivity index (χ2v) is 2.60. The van der Waals surface area contributed by atoms with E-state index in [1.807, 2.05) is 25.3 Å². The third kappa shape index (κ3) is 0.852. The lowest BCUT2D eigenvalue weighted by Gasteiger charge is -1.91. The molecule has 3 N–H and O–H groups in total. The lowest BCUT2D eigenvalue weighted by molar-refractivity contribution is 1.33. The van der Waals surface area contributed by atoms with Crippen LogP contribution in [0.2, 0.25) is 0 Å². The first-order valence-corrected chi connectivity index (χ1v) is 3.47. The van der Waals surface area contributed by atoms with E-state index in [2.05, 4.69) is 9.97 Å². The Kier molecular flexibility index (Phi) is 1.12. The molecule has 56 valence electrons. The maximum absolute atomic E-state index is 5.50. The number of rotatable bonds is 0. The number of H-pyrrole nitrogens is 1. The third-order valence-electron chi connectivity index (χ3n) is 1.77. The minimum absolute atomic E-state index is 0.555. The van der Waals surface area contributed by atoms with E-state index in [9.17, 15) is 0 Å². The van der Waals surface area contributed by atoms with Gasteiger partial charge in [0, 0.05) is 11.6 Å². The fourth-order valence-electron chi connectivity index (χ4n) is 1.16. The predicted octanol–water partition coefficient (Wildman–Crippen LogP) is 1.45. The molecule has 0 aliphatic carbocycles. The van der Waals surface area contributed by atoms with Crippen molar-refractivity contribution in [1.29, 1.82) is 0 Å². The zero-order chi connectivity index (χ0) is 7.84. The Morgan fingerprint density at radius 1 is 1.45 bits per heavy atom. The molecule has 0 saturated carbocycles. The number of pyridine rings is 1.